The summed E-state index contributed by atoms with van der Waals surface area (Å²) in [6.45, 7) is 6.38. The first kappa shape index (κ1) is 17.7. The second kappa shape index (κ2) is 8.33. The van der Waals surface area contributed by atoms with E-state index in [2.05, 4.69) is 36.3 Å². The van der Waals surface area contributed by atoms with Crippen LogP contribution in [0, 0.1) is 13.8 Å². The first-order chi connectivity index (χ1) is 12.7. The summed E-state index contributed by atoms with van der Waals surface area (Å²) in [6, 6.07) is 10.1. The van der Waals surface area contributed by atoms with Gasteiger partial charge in [-0.2, -0.15) is 5.10 Å². The van der Waals surface area contributed by atoms with Crippen LogP contribution in [0.4, 0.5) is 0 Å². The molecule has 136 valence electrons. The lowest BCUT2D eigenvalue weighted by Gasteiger charge is -2.12. The molecule has 0 amide bonds. The Labute approximate surface area is 153 Å². The number of hydrogen-bond acceptors (Lipinski definition) is 3. The number of aliphatic imine (C=N–C) groups is 1. The van der Waals surface area contributed by atoms with Gasteiger partial charge in [0.15, 0.2) is 11.8 Å². The molecule has 26 heavy (non-hydrogen) atoms. The van der Waals surface area contributed by atoms with Crippen LogP contribution in [0.5, 0.6) is 0 Å². The van der Waals surface area contributed by atoms with Gasteiger partial charge in [0, 0.05) is 51.0 Å². The average molecular weight is 351 g/mol. The number of rotatable bonds is 6. The number of aromatic nitrogens is 4. The minimum Gasteiger partial charge on any atom is -0.355 e. The SMILES string of the molecule is CN=C(NCCn1cccc1)NCc1ccc(-n2nc(C)cc2C)nc1. The number of hydrogen-bond donors (Lipinski definition) is 2. The fraction of sp³-hybridized carbons (Fsp3) is 0.316. The van der Waals surface area contributed by atoms with Crippen LogP contribution in [0.2, 0.25) is 0 Å². The predicted octanol–water partition coefficient (Wildman–Crippen LogP) is 2.05. The van der Waals surface area contributed by atoms with E-state index < -0.39 is 0 Å². The van der Waals surface area contributed by atoms with Crippen LogP contribution in [0.15, 0.2) is 53.9 Å². The van der Waals surface area contributed by atoms with E-state index in [-0.39, 0.29) is 0 Å². The van der Waals surface area contributed by atoms with Crippen LogP contribution in [0.3, 0.4) is 0 Å². The normalized spacial score (nSPS) is 11.6. The van der Waals surface area contributed by atoms with Crippen LogP contribution in [-0.2, 0) is 13.1 Å². The minimum atomic E-state index is 0.660. The first-order valence-corrected chi connectivity index (χ1v) is 8.69. The number of guanidine groups is 1. The quantitative estimate of drug-likeness (QED) is 0.527. The Hall–Kier alpha value is -3.09. The van der Waals surface area contributed by atoms with E-state index >= 15 is 0 Å². The molecule has 0 saturated heterocycles. The molecule has 0 aliphatic rings. The zero-order chi connectivity index (χ0) is 18.4. The predicted molar refractivity (Wildman–Crippen MR) is 103 cm³/mol. The van der Waals surface area contributed by atoms with Crippen LogP contribution >= 0.6 is 0 Å². The van der Waals surface area contributed by atoms with Crippen molar-refractivity contribution < 1.29 is 0 Å². The minimum absolute atomic E-state index is 0.660. The van der Waals surface area contributed by atoms with Crippen molar-refractivity contribution in [1.82, 2.24) is 30.0 Å². The van der Waals surface area contributed by atoms with Crippen LogP contribution in [-0.4, -0.2) is 38.9 Å². The topological polar surface area (TPSA) is 72.1 Å². The highest BCUT2D eigenvalue weighted by atomic mass is 15.3. The highest BCUT2D eigenvalue weighted by Crippen LogP contribution is 2.10. The molecule has 0 aliphatic carbocycles. The highest BCUT2D eigenvalue weighted by Gasteiger charge is 2.05. The van der Waals surface area contributed by atoms with Gasteiger partial charge >= 0.3 is 0 Å². The highest BCUT2D eigenvalue weighted by molar-refractivity contribution is 5.79. The molecule has 0 fully saturated rings. The van der Waals surface area contributed by atoms with Gasteiger partial charge in [0.05, 0.1) is 5.69 Å². The molecule has 0 unspecified atom stereocenters. The van der Waals surface area contributed by atoms with E-state index in [0.717, 1.165) is 41.8 Å². The summed E-state index contributed by atoms with van der Waals surface area (Å²) in [5.41, 5.74) is 3.15. The third-order valence-electron chi connectivity index (χ3n) is 4.05. The average Bonchev–Trinajstić information content (AvgIpc) is 3.27. The van der Waals surface area contributed by atoms with E-state index in [0.29, 0.717) is 6.54 Å². The second-order valence-corrected chi connectivity index (χ2v) is 6.14. The lowest BCUT2D eigenvalue weighted by molar-refractivity contribution is 0.665. The molecule has 7 heteroatoms. The molecule has 0 radical (unpaired) electrons. The summed E-state index contributed by atoms with van der Waals surface area (Å²) >= 11 is 0. The van der Waals surface area contributed by atoms with Crippen molar-refractivity contribution in [2.75, 3.05) is 13.6 Å². The molecule has 0 saturated carbocycles. The summed E-state index contributed by atoms with van der Waals surface area (Å²) in [4.78, 5) is 8.77. The molecule has 2 N–H and O–H groups in total. The lowest BCUT2D eigenvalue weighted by atomic mass is 10.3. The fourth-order valence-electron chi connectivity index (χ4n) is 2.74. The van der Waals surface area contributed by atoms with E-state index in [4.69, 9.17) is 0 Å². The van der Waals surface area contributed by atoms with Crippen molar-refractivity contribution in [2.45, 2.75) is 26.9 Å². The molecule has 0 spiro atoms. The largest absolute Gasteiger partial charge is 0.355 e. The first-order valence-electron chi connectivity index (χ1n) is 8.69. The summed E-state index contributed by atoms with van der Waals surface area (Å²) in [5.74, 6) is 1.60. The lowest BCUT2D eigenvalue weighted by Crippen LogP contribution is -2.38. The van der Waals surface area contributed by atoms with Gasteiger partial charge in [-0.25, -0.2) is 9.67 Å². The van der Waals surface area contributed by atoms with Gasteiger partial charge in [-0.1, -0.05) is 6.07 Å². The molecule has 0 aromatic carbocycles. The van der Waals surface area contributed by atoms with Crippen LogP contribution in [0.25, 0.3) is 5.82 Å². The maximum Gasteiger partial charge on any atom is 0.191 e. The Kier molecular flexibility index (Phi) is 5.68. The third kappa shape index (κ3) is 4.50. The van der Waals surface area contributed by atoms with Crippen molar-refractivity contribution in [3.8, 4) is 5.82 Å². The summed E-state index contributed by atoms with van der Waals surface area (Å²) in [7, 11) is 1.77. The van der Waals surface area contributed by atoms with Gasteiger partial charge in [-0.15, -0.1) is 0 Å². The number of nitrogens with one attached hydrogen (secondary N) is 2. The van der Waals surface area contributed by atoms with Crippen molar-refractivity contribution in [1.29, 1.82) is 0 Å². The molecule has 0 bridgehead atoms. The maximum atomic E-state index is 4.52. The number of pyridine rings is 1. The number of nitrogens with zero attached hydrogens (tertiary/aromatic N) is 5. The third-order valence-corrected chi connectivity index (χ3v) is 4.05. The van der Waals surface area contributed by atoms with Crippen molar-refractivity contribution in [3.05, 3.63) is 65.9 Å². The zero-order valence-electron chi connectivity index (χ0n) is 15.5. The van der Waals surface area contributed by atoms with Gasteiger partial charge in [0.25, 0.3) is 0 Å². The van der Waals surface area contributed by atoms with Crippen molar-refractivity contribution in [2.24, 2.45) is 4.99 Å². The Bertz CT molecular complexity index is 845. The number of aryl methyl sites for hydroxylation is 2. The maximum absolute atomic E-state index is 4.52. The molecule has 0 atom stereocenters. The van der Waals surface area contributed by atoms with Crippen molar-refractivity contribution >= 4 is 5.96 Å². The monoisotopic (exact) mass is 351 g/mol. The molecule has 7 nitrogen and oxygen atoms in total. The fourth-order valence-corrected chi connectivity index (χ4v) is 2.74. The molecule has 3 aromatic heterocycles. The Morgan fingerprint density at radius 3 is 2.58 bits per heavy atom. The van der Waals surface area contributed by atoms with Gasteiger partial charge in [0.2, 0.25) is 0 Å². The Balaban J connectivity index is 1.51. The molecule has 0 aliphatic heterocycles. The smallest absolute Gasteiger partial charge is 0.191 e. The molecule has 3 rings (SSSR count). The standard InChI is InChI=1S/C19H25N7/c1-15-12-16(2)26(24-15)18-7-6-17(13-22-18)14-23-19(20-3)21-8-11-25-9-4-5-10-25/h4-7,9-10,12-13H,8,11,14H2,1-3H3,(H2,20,21,23). The summed E-state index contributed by atoms with van der Waals surface area (Å²) in [5, 5.41) is 11.1. The van der Waals surface area contributed by atoms with E-state index in [9.17, 15) is 0 Å². The van der Waals surface area contributed by atoms with Crippen LogP contribution < -0.4 is 10.6 Å². The molecular formula is C19H25N7. The van der Waals surface area contributed by atoms with E-state index in [1.54, 1.807) is 7.05 Å². The summed E-state index contributed by atoms with van der Waals surface area (Å²) in [6.07, 6.45) is 5.97. The van der Waals surface area contributed by atoms with Crippen LogP contribution in [0.1, 0.15) is 17.0 Å². The van der Waals surface area contributed by atoms with Gasteiger partial charge < -0.3 is 15.2 Å². The van der Waals surface area contributed by atoms with E-state index in [1.165, 1.54) is 0 Å². The Morgan fingerprint density at radius 1 is 1.15 bits per heavy atom. The zero-order valence-corrected chi connectivity index (χ0v) is 15.5. The molecule has 3 heterocycles. The molecule has 3 aromatic rings. The van der Waals surface area contributed by atoms with Crippen molar-refractivity contribution in [3.63, 3.8) is 0 Å². The van der Waals surface area contributed by atoms with E-state index in [1.807, 2.05) is 61.4 Å². The Morgan fingerprint density at radius 2 is 1.96 bits per heavy atom. The summed E-state index contributed by atoms with van der Waals surface area (Å²) < 4.78 is 3.98. The molecular weight excluding hydrogens is 326 g/mol. The van der Waals surface area contributed by atoms with Gasteiger partial charge in [-0.05, 0) is 43.7 Å². The van der Waals surface area contributed by atoms with Gasteiger partial charge in [-0.3, -0.25) is 4.99 Å². The second-order valence-electron chi connectivity index (χ2n) is 6.14. The van der Waals surface area contributed by atoms with Gasteiger partial charge in [0.1, 0.15) is 0 Å².